The summed E-state index contributed by atoms with van der Waals surface area (Å²) in [5, 5.41) is 0.918. The van der Waals surface area contributed by atoms with Crippen LogP contribution in [-0.4, -0.2) is 48.3 Å². The maximum Gasteiger partial charge on any atom is 0.225 e. The number of pyridine rings is 2. The first-order valence-electron chi connectivity index (χ1n) is 9.25. The van der Waals surface area contributed by atoms with Crippen molar-refractivity contribution in [1.29, 1.82) is 0 Å². The summed E-state index contributed by atoms with van der Waals surface area (Å²) in [6.07, 6.45) is 5.03. The molecule has 7 heteroatoms. The van der Waals surface area contributed by atoms with Gasteiger partial charge >= 0.3 is 0 Å². The molecule has 0 spiro atoms. The highest BCUT2D eigenvalue weighted by Crippen LogP contribution is 2.32. The average Bonchev–Trinajstić information content (AvgIpc) is 2.69. The fraction of sp³-hybridized carbons (Fsp3) is 0.526. The number of anilines is 1. The molecule has 1 aliphatic heterocycles. The molecule has 1 aliphatic carbocycles. The van der Waals surface area contributed by atoms with Gasteiger partial charge in [-0.05, 0) is 37.8 Å². The maximum atomic E-state index is 11.4. The van der Waals surface area contributed by atoms with E-state index in [0.717, 1.165) is 55.5 Å². The maximum absolute atomic E-state index is 11.4. The predicted octanol–water partition coefficient (Wildman–Crippen LogP) is 1.89. The van der Waals surface area contributed by atoms with Crippen LogP contribution < -0.4 is 15.4 Å². The Morgan fingerprint density at radius 2 is 2.00 bits per heavy atom. The number of fused-ring (bicyclic) bond motifs is 1. The summed E-state index contributed by atoms with van der Waals surface area (Å²) in [5.41, 5.74) is 6.31. The Morgan fingerprint density at radius 1 is 1.23 bits per heavy atom. The van der Waals surface area contributed by atoms with Crippen molar-refractivity contribution in [1.82, 2.24) is 9.97 Å². The van der Waals surface area contributed by atoms with Gasteiger partial charge in [0.05, 0.1) is 24.1 Å². The Hall–Kier alpha value is -2.41. The van der Waals surface area contributed by atoms with Gasteiger partial charge in [0.1, 0.15) is 11.9 Å². The Kier molecular flexibility index (Phi) is 4.88. The number of carbonyl (C=O) groups excluding carboxylic acids is 1. The minimum absolute atomic E-state index is 0.0269. The molecule has 7 nitrogen and oxygen atoms in total. The highest BCUT2D eigenvalue weighted by atomic mass is 16.5. The first-order valence-corrected chi connectivity index (χ1v) is 9.25. The minimum atomic E-state index is -0.203. The number of nitrogens with zero attached hydrogens (tertiary/aromatic N) is 3. The van der Waals surface area contributed by atoms with E-state index in [1.165, 1.54) is 0 Å². The molecule has 1 amide bonds. The van der Waals surface area contributed by atoms with Gasteiger partial charge in [-0.1, -0.05) is 0 Å². The van der Waals surface area contributed by atoms with E-state index in [1.807, 2.05) is 18.2 Å². The second kappa shape index (κ2) is 7.45. The van der Waals surface area contributed by atoms with Gasteiger partial charge in [-0.25, -0.2) is 0 Å². The van der Waals surface area contributed by atoms with E-state index in [-0.39, 0.29) is 17.9 Å². The molecule has 0 bridgehead atoms. The minimum Gasteiger partial charge on any atom is -0.474 e. The number of nitrogens with two attached hydrogens (primary N) is 1. The van der Waals surface area contributed by atoms with Gasteiger partial charge in [-0.15, -0.1) is 0 Å². The summed E-state index contributed by atoms with van der Waals surface area (Å²) in [7, 11) is 0. The molecule has 2 aromatic heterocycles. The van der Waals surface area contributed by atoms with Crippen LogP contribution in [0.2, 0.25) is 0 Å². The van der Waals surface area contributed by atoms with Crippen molar-refractivity contribution < 1.29 is 14.3 Å². The monoisotopic (exact) mass is 356 g/mol. The van der Waals surface area contributed by atoms with Gasteiger partial charge in [0.25, 0.3) is 0 Å². The molecule has 0 atom stereocenters. The number of amides is 1. The molecular formula is C19H24N4O3. The van der Waals surface area contributed by atoms with Crippen LogP contribution in [0.5, 0.6) is 5.88 Å². The third-order valence-electron chi connectivity index (χ3n) is 5.24. The summed E-state index contributed by atoms with van der Waals surface area (Å²) in [4.78, 5) is 22.8. The zero-order valence-electron chi connectivity index (χ0n) is 14.8. The van der Waals surface area contributed by atoms with Crippen molar-refractivity contribution in [2.75, 3.05) is 31.2 Å². The molecule has 2 N–H and O–H groups in total. The van der Waals surface area contributed by atoms with Gasteiger partial charge in [0, 0.05) is 31.3 Å². The van der Waals surface area contributed by atoms with Crippen LogP contribution in [0, 0.1) is 5.92 Å². The second-order valence-electron chi connectivity index (χ2n) is 6.95. The van der Waals surface area contributed by atoms with E-state index in [9.17, 15) is 4.79 Å². The molecule has 26 heavy (non-hydrogen) atoms. The Morgan fingerprint density at radius 3 is 2.73 bits per heavy atom. The summed E-state index contributed by atoms with van der Waals surface area (Å²) in [5.74, 6) is 1.27. The van der Waals surface area contributed by atoms with Crippen LogP contribution in [0.4, 0.5) is 5.82 Å². The summed E-state index contributed by atoms with van der Waals surface area (Å²) < 4.78 is 11.7. The van der Waals surface area contributed by atoms with Crippen molar-refractivity contribution in [2.45, 2.75) is 31.8 Å². The van der Waals surface area contributed by atoms with E-state index < -0.39 is 0 Å². The Bertz CT molecular complexity index is 783. The lowest BCUT2D eigenvalue weighted by Crippen LogP contribution is -2.37. The number of primary amides is 1. The molecule has 0 radical (unpaired) electrons. The fourth-order valence-electron chi connectivity index (χ4n) is 3.70. The van der Waals surface area contributed by atoms with E-state index >= 15 is 0 Å². The van der Waals surface area contributed by atoms with Crippen molar-refractivity contribution in [2.24, 2.45) is 11.7 Å². The lowest BCUT2D eigenvalue weighted by Gasteiger charge is -2.30. The molecule has 1 saturated heterocycles. The van der Waals surface area contributed by atoms with Crippen molar-refractivity contribution in [3.8, 4) is 5.88 Å². The molecule has 3 heterocycles. The first kappa shape index (κ1) is 17.0. The molecular weight excluding hydrogens is 332 g/mol. The SMILES string of the molecule is NC(=O)[C@H]1CC[C@@H](Oc2nc(N3CCOCC3)cc3ncccc23)CC1. The quantitative estimate of drug-likeness (QED) is 0.900. The van der Waals surface area contributed by atoms with E-state index in [4.69, 9.17) is 20.2 Å². The molecule has 2 fully saturated rings. The average molecular weight is 356 g/mol. The summed E-state index contributed by atoms with van der Waals surface area (Å²) in [6, 6.07) is 5.90. The number of hydrogen-bond donors (Lipinski definition) is 1. The van der Waals surface area contributed by atoms with Crippen LogP contribution in [0.15, 0.2) is 24.4 Å². The molecule has 138 valence electrons. The van der Waals surface area contributed by atoms with Gasteiger partial charge < -0.3 is 20.1 Å². The van der Waals surface area contributed by atoms with E-state index in [2.05, 4.69) is 9.88 Å². The van der Waals surface area contributed by atoms with Crippen LogP contribution in [0.25, 0.3) is 10.9 Å². The smallest absolute Gasteiger partial charge is 0.225 e. The van der Waals surface area contributed by atoms with Crippen LogP contribution in [-0.2, 0) is 9.53 Å². The molecule has 1 saturated carbocycles. The zero-order valence-corrected chi connectivity index (χ0v) is 14.8. The topological polar surface area (TPSA) is 90.6 Å². The number of morpholine rings is 1. The number of carbonyl (C=O) groups is 1. The lowest BCUT2D eigenvalue weighted by molar-refractivity contribution is -0.123. The summed E-state index contributed by atoms with van der Waals surface area (Å²) >= 11 is 0. The Balaban J connectivity index is 1.58. The van der Waals surface area contributed by atoms with Crippen LogP contribution >= 0.6 is 0 Å². The molecule has 4 rings (SSSR count). The normalized spacial score (nSPS) is 23.8. The third-order valence-corrected chi connectivity index (χ3v) is 5.24. The highest BCUT2D eigenvalue weighted by molar-refractivity contribution is 5.85. The third kappa shape index (κ3) is 3.58. The van der Waals surface area contributed by atoms with Gasteiger partial charge in [-0.2, -0.15) is 4.98 Å². The van der Waals surface area contributed by atoms with Crippen LogP contribution in [0.1, 0.15) is 25.7 Å². The zero-order chi connectivity index (χ0) is 17.9. The number of ether oxygens (including phenoxy) is 2. The molecule has 0 aromatic carbocycles. The fourth-order valence-corrected chi connectivity index (χ4v) is 3.70. The van der Waals surface area contributed by atoms with Crippen molar-refractivity contribution in [3.63, 3.8) is 0 Å². The number of aromatic nitrogens is 2. The largest absolute Gasteiger partial charge is 0.474 e. The van der Waals surface area contributed by atoms with Gasteiger partial charge in [-0.3, -0.25) is 9.78 Å². The number of rotatable bonds is 4. The van der Waals surface area contributed by atoms with Crippen molar-refractivity contribution in [3.05, 3.63) is 24.4 Å². The standard InChI is InChI=1S/C19H24N4O3/c20-18(24)13-3-5-14(6-4-13)26-19-15-2-1-7-21-16(15)12-17(22-19)23-8-10-25-11-9-23/h1-2,7,12-14H,3-6,8-11H2,(H2,20,24)/t13-,14+. The van der Waals surface area contributed by atoms with Crippen LogP contribution in [0.3, 0.4) is 0 Å². The Labute approximate surface area is 152 Å². The molecule has 2 aliphatic rings. The lowest BCUT2D eigenvalue weighted by atomic mass is 9.87. The number of hydrogen-bond acceptors (Lipinski definition) is 6. The van der Waals surface area contributed by atoms with Gasteiger partial charge in [0.2, 0.25) is 11.8 Å². The molecule has 2 aromatic rings. The first-order chi connectivity index (χ1) is 12.7. The van der Waals surface area contributed by atoms with Gasteiger partial charge in [0.15, 0.2) is 0 Å². The highest BCUT2D eigenvalue weighted by Gasteiger charge is 2.27. The van der Waals surface area contributed by atoms with E-state index in [0.29, 0.717) is 19.1 Å². The van der Waals surface area contributed by atoms with E-state index in [1.54, 1.807) is 6.20 Å². The summed E-state index contributed by atoms with van der Waals surface area (Å²) in [6.45, 7) is 3.04. The predicted molar refractivity (Wildman–Crippen MR) is 98.1 cm³/mol. The molecule has 0 unspecified atom stereocenters. The van der Waals surface area contributed by atoms with Crippen molar-refractivity contribution >= 4 is 22.6 Å². The second-order valence-corrected chi connectivity index (χ2v) is 6.95.